The molecule has 0 fully saturated rings. The summed E-state index contributed by atoms with van der Waals surface area (Å²) in [5, 5.41) is 0.968. The molecule has 4 rings (SSSR count). The lowest BCUT2D eigenvalue weighted by atomic mass is 10.1. The number of aromatic nitrogens is 1. The second-order valence-electron chi connectivity index (χ2n) is 5.42. The van der Waals surface area contributed by atoms with Crippen molar-refractivity contribution in [2.45, 2.75) is 13.1 Å². The molecule has 0 spiro atoms. The molecule has 0 radical (unpaired) electrons. The molecule has 0 saturated heterocycles. The third-order valence-corrected chi connectivity index (χ3v) is 4.05. The van der Waals surface area contributed by atoms with Crippen LogP contribution in [0.3, 0.4) is 0 Å². The lowest BCUT2D eigenvalue weighted by Gasteiger charge is -2.13. The number of para-hydroxylation sites is 1. The lowest BCUT2D eigenvalue weighted by Crippen LogP contribution is -2.25. The van der Waals surface area contributed by atoms with Crippen LogP contribution in [0.5, 0.6) is 0 Å². The summed E-state index contributed by atoms with van der Waals surface area (Å²) in [7, 11) is 0. The third kappa shape index (κ3) is 1.88. The van der Waals surface area contributed by atoms with E-state index in [0.29, 0.717) is 24.5 Å². The number of benzene rings is 2. The predicted molar refractivity (Wildman–Crippen MR) is 82.7 cm³/mol. The number of rotatable bonds is 1. The summed E-state index contributed by atoms with van der Waals surface area (Å²) in [5.41, 5.74) is 10.5. The van der Waals surface area contributed by atoms with Gasteiger partial charge >= 0.3 is 0 Å². The molecule has 104 valence electrons. The fraction of sp³-hybridized carbons (Fsp3) is 0.118. The van der Waals surface area contributed by atoms with E-state index in [1.165, 1.54) is 11.1 Å². The molecular formula is C17H15N3O. The van der Waals surface area contributed by atoms with Crippen LogP contribution in [0.25, 0.3) is 10.9 Å². The number of hydrogen-bond acceptors (Lipinski definition) is 2. The first-order chi connectivity index (χ1) is 10.2. The largest absolute Gasteiger partial charge is 0.397 e. The van der Waals surface area contributed by atoms with Crippen LogP contribution in [-0.2, 0) is 13.1 Å². The van der Waals surface area contributed by atoms with Gasteiger partial charge in [0, 0.05) is 18.5 Å². The van der Waals surface area contributed by atoms with Crippen LogP contribution >= 0.6 is 0 Å². The number of hydrogen-bond donors (Lipinski definition) is 2. The SMILES string of the molecule is Nc1cccc2cc(C(=O)N3Cc4ccccc4C3)[nH]c12. The zero-order chi connectivity index (χ0) is 14.4. The Morgan fingerprint density at radius 2 is 1.76 bits per heavy atom. The minimum Gasteiger partial charge on any atom is -0.397 e. The molecule has 0 atom stereocenters. The van der Waals surface area contributed by atoms with Crippen LogP contribution < -0.4 is 5.73 Å². The van der Waals surface area contributed by atoms with E-state index in [9.17, 15) is 4.79 Å². The van der Waals surface area contributed by atoms with Crippen LogP contribution in [0.1, 0.15) is 21.6 Å². The van der Waals surface area contributed by atoms with E-state index in [1.54, 1.807) is 0 Å². The van der Waals surface area contributed by atoms with Crippen molar-refractivity contribution in [3.8, 4) is 0 Å². The van der Waals surface area contributed by atoms with Crippen LogP contribution in [-0.4, -0.2) is 15.8 Å². The van der Waals surface area contributed by atoms with Crippen molar-refractivity contribution in [3.63, 3.8) is 0 Å². The fourth-order valence-corrected chi connectivity index (χ4v) is 2.94. The van der Waals surface area contributed by atoms with E-state index < -0.39 is 0 Å². The second-order valence-corrected chi connectivity index (χ2v) is 5.42. The summed E-state index contributed by atoms with van der Waals surface area (Å²) >= 11 is 0. The minimum absolute atomic E-state index is 0.0156. The summed E-state index contributed by atoms with van der Waals surface area (Å²) in [4.78, 5) is 17.7. The van der Waals surface area contributed by atoms with Gasteiger partial charge in [0.25, 0.3) is 5.91 Å². The number of anilines is 1. The number of nitrogen functional groups attached to an aromatic ring is 1. The molecule has 3 N–H and O–H groups in total. The molecule has 0 saturated carbocycles. The van der Waals surface area contributed by atoms with Crippen molar-refractivity contribution in [1.82, 2.24) is 9.88 Å². The van der Waals surface area contributed by atoms with Crippen molar-refractivity contribution in [3.05, 3.63) is 65.4 Å². The number of carbonyl (C=O) groups excluding carboxylic acids is 1. The maximum absolute atomic E-state index is 12.7. The van der Waals surface area contributed by atoms with Gasteiger partial charge in [-0.05, 0) is 23.3 Å². The molecule has 2 heterocycles. The summed E-state index contributed by atoms with van der Waals surface area (Å²) in [6.45, 7) is 1.33. The summed E-state index contributed by atoms with van der Waals surface area (Å²) < 4.78 is 0. The van der Waals surface area contributed by atoms with Gasteiger partial charge in [0.1, 0.15) is 5.69 Å². The number of amides is 1. The summed E-state index contributed by atoms with van der Waals surface area (Å²) in [6.07, 6.45) is 0. The van der Waals surface area contributed by atoms with Crippen molar-refractivity contribution in [1.29, 1.82) is 0 Å². The highest BCUT2D eigenvalue weighted by atomic mass is 16.2. The van der Waals surface area contributed by atoms with Crippen LogP contribution in [0.2, 0.25) is 0 Å². The first-order valence-electron chi connectivity index (χ1n) is 6.95. The van der Waals surface area contributed by atoms with Gasteiger partial charge in [-0.15, -0.1) is 0 Å². The number of fused-ring (bicyclic) bond motifs is 2. The van der Waals surface area contributed by atoms with Gasteiger partial charge in [-0.2, -0.15) is 0 Å². The Morgan fingerprint density at radius 1 is 1.05 bits per heavy atom. The Hall–Kier alpha value is -2.75. The lowest BCUT2D eigenvalue weighted by molar-refractivity contribution is 0.0746. The molecular weight excluding hydrogens is 262 g/mol. The second kappa shape index (κ2) is 4.38. The highest BCUT2D eigenvalue weighted by Crippen LogP contribution is 2.26. The minimum atomic E-state index is 0.0156. The van der Waals surface area contributed by atoms with E-state index >= 15 is 0 Å². The normalized spacial score (nSPS) is 13.6. The molecule has 1 aromatic heterocycles. The van der Waals surface area contributed by atoms with Crippen LogP contribution in [0.4, 0.5) is 5.69 Å². The van der Waals surface area contributed by atoms with Crippen LogP contribution in [0, 0.1) is 0 Å². The molecule has 1 aliphatic heterocycles. The van der Waals surface area contributed by atoms with E-state index in [-0.39, 0.29) is 5.91 Å². The van der Waals surface area contributed by atoms with E-state index in [1.807, 2.05) is 41.3 Å². The van der Waals surface area contributed by atoms with Gasteiger partial charge < -0.3 is 15.6 Å². The summed E-state index contributed by atoms with van der Waals surface area (Å²) in [5.74, 6) is 0.0156. The molecule has 2 aromatic carbocycles. The van der Waals surface area contributed by atoms with Gasteiger partial charge in [0.2, 0.25) is 0 Å². The van der Waals surface area contributed by atoms with Crippen molar-refractivity contribution >= 4 is 22.5 Å². The Labute approximate surface area is 122 Å². The highest BCUT2D eigenvalue weighted by molar-refractivity contribution is 6.01. The Balaban J connectivity index is 1.67. The molecule has 4 nitrogen and oxygen atoms in total. The molecule has 3 aromatic rings. The Kier molecular flexibility index (Phi) is 2.51. The van der Waals surface area contributed by atoms with E-state index in [0.717, 1.165) is 10.9 Å². The van der Waals surface area contributed by atoms with E-state index in [4.69, 9.17) is 5.73 Å². The van der Waals surface area contributed by atoms with Gasteiger partial charge in [0.15, 0.2) is 0 Å². The number of nitrogens with one attached hydrogen (secondary N) is 1. The molecule has 1 amide bonds. The highest BCUT2D eigenvalue weighted by Gasteiger charge is 2.25. The summed E-state index contributed by atoms with van der Waals surface area (Å²) in [6, 6.07) is 15.7. The number of H-pyrrole nitrogens is 1. The first kappa shape index (κ1) is 12.0. The Morgan fingerprint density at radius 3 is 2.43 bits per heavy atom. The zero-order valence-electron chi connectivity index (χ0n) is 11.5. The average molecular weight is 277 g/mol. The number of carbonyl (C=O) groups is 1. The molecule has 21 heavy (non-hydrogen) atoms. The zero-order valence-corrected chi connectivity index (χ0v) is 11.5. The number of nitrogens with zero attached hydrogens (tertiary/aromatic N) is 1. The molecule has 4 heteroatoms. The van der Waals surface area contributed by atoms with E-state index in [2.05, 4.69) is 17.1 Å². The maximum atomic E-state index is 12.7. The standard InChI is InChI=1S/C17H15N3O/c18-14-7-3-6-11-8-15(19-16(11)14)17(21)20-9-12-4-1-2-5-13(12)10-20/h1-8,19H,9-10,18H2. The number of nitrogens with two attached hydrogens (primary N) is 1. The van der Waals surface area contributed by atoms with Gasteiger partial charge in [-0.1, -0.05) is 36.4 Å². The van der Waals surface area contributed by atoms with Gasteiger partial charge in [0.05, 0.1) is 11.2 Å². The monoisotopic (exact) mass is 277 g/mol. The van der Waals surface area contributed by atoms with Gasteiger partial charge in [-0.25, -0.2) is 0 Å². The first-order valence-corrected chi connectivity index (χ1v) is 6.95. The maximum Gasteiger partial charge on any atom is 0.270 e. The van der Waals surface area contributed by atoms with Gasteiger partial charge in [-0.3, -0.25) is 4.79 Å². The van der Waals surface area contributed by atoms with Crippen molar-refractivity contribution < 1.29 is 4.79 Å². The molecule has 0 bridgehead atoms. The predicted octanol–water partition coefficient (Wildman–Crippen LogP) is 2.91. The average Bonchev–Trinajstić information content (AvgIpc) is 3.11. The third-order valence-electron chi connectivity index (χ3n) is 4.05. The van der Waals surface area contributed by atoms with Crippen molar-refractivity contribution in [2.75, 3.05) is 5.73 Å². The Bertz CT molecular complexity index is 825. The molecule has 0 aliphatic carbocycles. The van der Waals surface area contributed by atoms with Crippen LogP contribution in [0.15, 0.2) is 48.5 Å². The molecule has 1 aliphatic rings. The smallest absolute Gasteiger partial charge is 0.270 e. The number of aromatic amines is 1. The van der Waals surface area contributed by atoms with Crippen molar-refractivity contribution in [2.24, 2.45) is 0 Å². The topological polar surface area (TPSA) is 62.1 Å². The quantitative estimate of drug-likeness (QED) is 0.672. The molecule has 0 unspecified atom stereocenters. The fourth-order valence-electron chi connectivity index (χ4n) is 2.94.